The molecule has 0 saturated carbocycles. The molecular weight excluding hydrogens is 357 g/mol. The van der Waals surface area contributed by atoms with Crippen molar-refractivity contribution in [1.82, 2.24) is 9.97 Å². The Bertz CT molecular complexity index is 930. The number of rotatable bonds is 6. The summed E-state index contributed by atoms with van der Waals surface area (Å²) < 4.78 is 19.2. The largest absolute Gasteiger partial charge is 0.378 e. The topological polar surface area (TPSA) is 62.3 Å². The van der Waals surface area contributed by atoms with Gasteiger partial charge in [-0.25, -0.2) is 9.37 Å². The molecule has 144 valence electrons. The molecular formula is C21H22FN5O. The van der Waals surface area contributed by atoms with Crippen LogP contribution in [0.3, 0.4) is 0 Å². The molecule has 6 nitrogen and oxygen atoms in total. The van der Waals surface area contributed by atoms with E-state index >= 15 is 0 Å². The van der Waals surface area contributed by atoms with Gasteiger partial charge in [-0.1, -0.05) is 30.3 Å². The lowest BCUT2D eigenvalue weighted by molar-refractivity contribution is 0.123. The summed E-state index contributed by atoms with van der Waals surface area (Å²) in [6.07, 6.45) is 1.68. The third kappa shape index (κ3) is 4.37. The van der Waals surface area contributed by atoms with E-state index < -0.39 is 0 Å². The van der Waals surface area contributed by atoms with Crippen molar-refractivity contribution in [2.75, 3.05) is 41.8 Å². The first-order chi connectivity index (χ1) is 13.8. The molecule has 1 aliphatic heterocycles. The standard InChI is InChI=1S/C21H22FN5O/c22-17-6-2-1-5-16(17)15-24-21-23-10-9-20(26-21)25-18-7-3-4-8-19(18)27-11-13-28-14-12-27/h1-10H,11-15H2,(H2,23,24,25,26). The van der Waals surface area contributed by atoms with Gasteiger partial charge in [0, 0.05) is 31.4 Å². The number of nitrogens with zero attached hydrogens (tertiary/aromatic N) is 3. The van der Waals surface area contributed by atoms with Gasteiger partial charge in [-0.3, -0.25) is 0 Å². The van der Waals surface area contributed by atoms with Crippen molar-refractivity contribution in [2.24, 2.45) is 0 Å². The van der Waals surface area contributed by atoms with Crippen LogP contribution in [0, 0.1) is 5.82 Å². The quantitative estimate of drug-likeness (QED) is 0.679. The molecule has 2 heterocycles. The zero-order chi connectivity index (χ0) is 19.2. The first kappa shape index (κ1) is 18.2. The highest BCUT2D eigenvalue weighted by Crippen LogP contribution is 2.28. The Morgan fingerprint density at radius 3 is 2.64 bits per heavy atom. The Hall–Kier alpha value is -3.19. The van der Waals surface area contributed by atoms with Gasteiger partial charge in [0.25, 0.3) is 0 Å². The molecule has 7 heteroatoms. The maximum atomic E-state index is 13.8. The number of ether oxygens (including phenoxy) is 1. The molecule has 1 saturated heterocycles. The maximum absolute atomic E-state index is 13.8. The zero-order valence-corrected chi connectivity index (χ0v) is 15.4. The molecule has 0 amide bonds. The molecule has 0 aliphatic carbocycles. The van der Waals surface area contributed by atoms with E-state index in [1.807, 2.05) is 30.3 Å². The Kier molecular flexibility index (Phi) is 5.63. The van der Waals surface area contributed by atoms with E-state index in [0.29, 0.717) is 23.9 Å². The third-order valence-corrected chi connectivity index (χ3v) is 4.57. The number of nitrogens with one attached hydrogen (secondary N) is 2. The van der Waals surface area contributed by atoms with E-state index in [2.05, 4.69) is 31.6 Å². The van der Waals surface area contributed by atoms with Gasteiger partial charge in [-0.2, -0.15) is 4.98 Å². The predicted octanol–water partition coefficient (Wildman–Crippen LogP) is 3.81. The summed E-state index contributed by atoms with van der Waals surface area (Å²) in [5.74, 6) is 0.868. The van der Waals surface area contributed by atoms with Crippen LogP contribution in [0.25, 0.3) is 0 Å². The normalized spacial score (nSPS) is 14.0. The van der Waals surface area contributed by atoms with E-state index in [-0.39, 0.29) is 5.82 Å². The van der Waals surface area contributed by atoms with Gasteiger partial charge in [0.1, 0.15) is 11.6 Å². The number of hydrogen-bond acceptors (Lipinski definition) is 6. The van der Waals surface area contributed by atoms with Crippen LogP contribution < -0.4 is 15.5 Å². The predicted molar refractivity (Wildman–Crippen MR) is 109 cm³/mol. The van der Waals surface area contributed by atoms with Crippen LogP contribution in [0.2, 0.25) is 0 Å². The van der Waals surface area contributed by atoms with Gasteiger partial charge in [-0.15, -0.1) is 0 Å². The molecule has 1 fully saturated rings. The summed E-state index contributed by atoms with van der Waals surface area (Å²) in [6, 6.07) is 16.6. The van der Waals surface area contributed by atoms with E-state index in [1.165, 1.54) is 6.07 Å². The summed E-state index contributed by atoms with van der Waals surface area (Å²) in [5, 5.41) is 6.45. The van der Waals surface area contributed by atoms with Gasteiger partial charge in [0.15, 0.2) is 0 Å². The number of hydrogen-bond donors (Lipinski definition) is 2. The van der Waals surface area contributed by atoms with Crippen molar-refractivity contribution in [3.05, 3.63) is 72.2 Å². The first-order valence-corrected chi connectivity index (χ1v) is 9.29. The van der Waals surface area contributed by atoms with Crippen molar-refractivity contribution < 1.29 is 9.13 Å². The number of para-hydroxylation sites is 2. The molecule has 0 spiro atoms. The van der Waals surface area contributed by atoms with Gasteiger partial charge in [0.2, 0.25) is 5.95 Å². The Morgan fingerprint density at radius 2 is 1.79 bits per heavy atom. The molecule has 3 aromatic rings. The number of anilines is 4. The fraction of sp³-hybridized carbons (Fsp3) is 0.238. The van der Waals surface area contributed by atoms with Crippen LogP contribution in [-0.2, 0) is 11.3 Å². The van der Waals surface area contributed by atoms with Crippen LogP contribution in [0.5, 0.6) is 0 Å². The highest BCUT2D eigenvalue weighted by Gasteiger charge is 2.14. The van der Waals surface area contributed by atoms with Gasteiger partial charge in [0.05, 0.1) is 24.6 Å². The summed E-state index contributed by atoms with van der Waals surface area (Å²) in [6.45, 7) is 3.49. The van der Waals surface area contributed by atoms with Crippen molar-refractivity contribution in [3.63, 3.8) is 0 Å². The molecule has 2 aromatic carbocycles. The first-order valence-electron chi connectivity index (χ1n) is 9.29. The summed E-state index contributed by atoms with van der Waals surface area (Å²) >= 11 is 0. The second kappa shape index (κ2) is 8.67. The number of morpholine rings is 1. The minimum Gasteiger partial charge on any atom is -0.378 e. The lowest BCUT2D eigenvalue weighted by atomic mass is 10.2. The zero-order valence-electron chi connectivity index (χ0n) is 15.4. The molecule has 0 atom stereocenters. The highest BCUT2D eigenvalue weighted by molar-refractivity contribution is 5.74. The lowest BCUT2D eigenvalue weighted by Crippen LogP contribution is -2.36. The minimum absolute atomic E-state index is 0.247. The van der Waals surface area contributed by atoms with E-state index in [4.69, 9.17) is 4.74 Å². The number of halogens is 1. The molecule has 1 aromatic heterocycles. The van der Waals surface area contributed by atoms with E-state index in [1.54, 1.807) is 18.3 Å². The molecule has 0 radical (unpaired) electrons. The molecule has 28 heavy (non-hydrogen) atoms. The van der Waals surface area contributed by atoms with Gasteiger partial charge < -0.3 is 20.3 Å². The van der Waals surface area contributed by atoms with Crippen molar-refractivity contribution in [2.45, 2.75) is 6.54 Å². The smallest absolute Gasteiger partial charge is 0.224 e. The maximum Gasteiger partial charge on any atom is 0.224 e. The van der Waals surface area contributed by atoms with E-state index in [0.717, 1.165) is 37.7 Å². The summed E-state index contributed by atoms with van der Waals surface area (Å²) in [5.41, 5.74) is 2.66. The fourth-order valence-electron chi connectivity index (χ4n) is 3.13. The average molecular weight is 379 g/mol. The third-order valence-electron chi connectivity index (χ3n) is 4.57. The summed E-state index contributed by atoms with van der Waals surface area (Å²) in [4.78, 5) is 11.0. The molecule has 0 bridgehead atoms. The SMILES string of the molecule is Fc1ccccc1CNc1nccc(Nc2ccccc2N2CCOCC2)n1. The Balaban J connectivity index is 1.47. The van der Waals surface area contributed by atoms with E-state index in [9.17, 15) is 4.39 Å². The fourth-order valence-corrected chi connectivity index (χ4v) is 3.13. The molecule has 1 aliphatic rings. The Morgan fingerprint density at radius 1 is 1.00 bits per heavy atom. The van der Waals surface area contributed by atoms with Gasteiger partial charge >= 0.3 is 0 Å². The van der Waals surface area contributed by atoms with Crippen molar-refractivity contribution in [1.29, 1.82) is 0 Å². The monoisotopic (exact) mass is 379 g/mol. The number of benzene rings is 2. The van der Waals surface area contributed by atoms with Crippen LogP contribution in [0.15, 0.2) is 60.8 Å². The average Bonchev–Trinajstić information content (AvgIpc) is 2.74. The Labute approximate surface area is 163 Å². The van der Waals surface area contributed by atoms with Crippen LogP contribution in [0.4, 0.5) is 27.5 Å². The highest BCUT2D eigenvalue weighted by atomic mass is 19.1. The second-order valence-electron chi connectivity index (χ2n) is 6.45. The number of aromatic nitrogens is 2. The molecule has 4 rings (SSSR count). The van der Waals surface area contributed by atoms with Crippen molar-refractivity contribution >= 4 is 23.1 Å². The molecule has 0 unspecified atom stereocenters. The van der Waals surface area contributed by atoms with Crippen LogP contribution >= 0.6 is 0 Å². The lowest BCUT2D eigenvalue weighted by Gasteiger charge is -2.30. The van der Waals surface area contributed by atoms with Crippen LogP contribution in [-0.4, -0.2) is 36.3 Å². The molecule has 2 N–H and O–H groups in total. The summed E-state index contributed by atoms with van der Waals surface area (Å²) in [7, 11) is 0. The van der Waals surface area contributed by atoms with Crippen LogP contribution in [0.1, 0.15) is 5.56 Å². The minimum atomic E-state index is -0.247. The van der Waals surface area contributed by atoms with Crippen molar-refractivity contribution in [3.8, 4) is 0 Å². The van der Waals surface area contributed by atoms with Gasteiger partial charge in [-0.05, 0) is 24.3 Å². The second-order valence-corrected chi connectivity index (χ2v) is 6.45.